The number of nitrogens with one attached hydrogen (secondary N) is 2. The highest BCUT2D eigenvalue weighted by atomic mass is 35.5. The zero-order chi connectivity index (χ0) is 14.6. The maximum atomic E-state index is 11.8. The van der Waals surface area contributed by atoms with Crippen LogP contribution in [-0.4, -0.2) is 24.9 Å². The highest BCUT2D eigenvalue weighted by Crippen LogP contribution is 2.20. The van der Waals surface area contributed by atoms with Crippen molar-refractivity contribution in [3.8, 4) is 0 Å². The van der Waals surface area contributed by atoms with Crippen LogP contribution < -0.4 is 16.4 Å². The molecular formula is C13H18ClN3O2. The largest absolute Gasteiger partial charge is 0.355 e. The average Bonchev–Trinajstić information content (AvgIpc) is 2.38. The van der Waals surface area contributed by atoms with E-state index >= 15 is 0 Å². The number of anilines is 1. The van der Waals surface area contributed by atoms with Crippen molar-refractivity contribution in [3.63, 3.8) is 0 Å². The third kappa shape index (κ3) is 3.94. The Bertz CT molecular complexity index is 489. The highest BCUT2D eigenvalue weighted by molar-refractivity contribution is 6.34. The van der Waals surface area contributed by atoms with Gasteiger partial charge in [0.2, 0.25) is 5.91 Å². The topological polar surface area (TPSA) is 84.2 Å². The van der Waals surface area contributed by atoms with Gasteiger partial charge in [0.25, 0.3) is 5.91 Å². The summed E-state index contributed by atoms with van der Waals surface area (Å²) in [6.07, 6.45) is 0. The smallest absolute Gasteiger partial charge is 0.252 e. The third-order valence-electron chi connectivity index (χ3n) is 2.73. The second-order valence-corrected chi connectivity index (χ2v) is 4.94. The van der Waals surface area contributed by atoms with Crippen molar-refractivity contribution in [2.45, 2.75) is 19.9 Å². The van der Waals surface area contributed by atoms with Crippen molar-refractivity contribution >= 4 is 29.1 Å². The number of nitrogens with two attached hydrogens (primary N) is 1. The Morgan fingerprint density at radius 2 is 1.95 bits per heavy atom. The molecule has 0 saturated heterocycles. The SMILES string of the molecule is CNC(=O)c1cc(NC(=O)[C@H](N)C(C)C)ccc1Cl. The Hall–Kier alpha value is -1.59. The number of amides is 2. The first-order chi connectivity index (χ1) is 8.86. The summed E-state index contributed by atoms with van der Waals surface area (Å²) in [5.41, 5.74) is 6.54. The molecule has 0 saturated carbocycles. The maximum Gasteiger partial charge on any atom is 0.252 e. The fraction of sp³-hybridized carbons (Fsp3) is 0.385. The number of halogens is 1. The third-order valence-corrected chi connectivity index (χ3v) is 3.06. The molecule has 2 amide bonds. The zero-order valence-electron chi connectivity index (χ0n) is 11.2. The van der Waals surface area contributed by atoms with Crippen LogP contribution in [0.5, 0.6) is 0 Å². The number of benzene rings is 1. The quantitative estimate of drug-likeness (QED) is 0.785. The number of carbonyl (C=O) groups excluding carboxylic acids is 2. The van der Waals surface area contributed by atoms with Gasteiger partial charge in [-0.15, -0.1) is 0 Å². The maximum absolute atomic E-state index is 11.8. The molecular weight excluding hydrogens is 266 g/mol. The summed E-state index contributed by atoms with van der Waals surface area (Å²) < 4.78 is 0. The molecule has 1 aromatic carbocycles. The Kier molecular flexibility index (Phi) is 5.32. The Morgan fingerprint density at radius 1 is 1.32 bits per heavy atom. The first kappa shape index (κ1) is 15.5. The molecule has 19 heavy (non-hydrogen) atoms. The van der Waals surface area contributed by atoms with E-state index in [0.29, 0.717) is 16.3 Å². The summed E-state index contributed by atoms with van der Waals surface area (Å²) in [7, 11) is 1.51. The molecule has 1 aromatic rings. The van der Waals surface area contributed by atoms with Crippen molar-refractivity contribution in [1.82, 2.24) is 5.32 Å². The van der Waals surface area contributed by atoms with Gasteiger partial charge in [0.1, 0.15) is 0 Å². The first-order valence-electron chi connectivity index (χ1n) is 5.95. The molecule has 0 heterocycles. The molecule has 0 bridgehead atoms. The minimum absolute atomic E-state index is 0.0331. The average molecular weight is 284 g/mol. The van der Waals surface area contributed by atoms with Crippen molar-refractivity contribution < 1.29 is 9.59 Å². The molecule has 0 radical (unpaired) electrons. The van der Waals surface area contributed by atoms with Gasteiger partial charge in [-0.05, 0) is 24.1 Å². The zero-order valence-corrected chi connectivity index (χ0v) is 11.9. The summed E-state index contributed by atoms with van der Waals surface area (Å²) in [5, 5.41) is 5.47. The van der Waals surface area contributed by atoms with E-state index in [-0.39, 0.29) is 17.7 Å². The standard InChI is InChI=1S/C13H18ClN3O2/c1-7(2)11(15)13(19)17-8-4-5-10(14)9(6-8)12(18)16-3/h4-7,11H,15H2,1-3H3,(H,16,18)(H,17,19)/t11-/m1/s1. The fourth-order valence-electron chi connectivity index (χ4n) is 1.44. The van der Waals surface area contributed by atoms with E-state index in [2.05, 4.69) is 10.6 Å². The first-order valence-corrected chi connectivity index (χ1v) is 6.32. The van der Waals surface area contributed by atoms with Gasteiger partial charge in [0.05, 0.1) is 16.6 Å². The van der Waals surface area contributed by atoms with E-state index in [1.807, 2.05) is 13.8 Å². The van der Waals surface area contributed by atoms with Gasteiger partial charge in [0, 0.05) is 12.7 Å². The van der Waals surface area contributed by atoms with Crippen LogP contribution in [0.3, 0.4) is 0 Å². The fourth-order valence-corrected chi connectivity index (χ4v) is 1.64. The summed E-state index contributed by atoms with van der Waals surface area (Å²) in [5.74, 6) is -0.569. The van der Waals surface area contributed by atoms with Crippen LogP contribution in [0, 0.1) is 5.92 Å². The molecule has 1 atom stereocenters. The minimum atomic E-state index is -0.598. The molecule has 6 heteroatoms. The van der Waals surface area contributed by atoms with Crippen molar-refractivity contribution in [2.24, 2.45) is 11.7 Å². The predicted molar refractivity (Wildman–Crippen MR) is 76.3 cm³/mol. The van der Waals surface area contributed by atoms with Crippen LogP contribution in [0.4, 0.5) is 5.69 Å². The van der Waals surface area contributed by atoms with Crippen molar-refractivity contribution in [3.05, 3.63) is 28.8 Å². The van der Waals surface area contributed by atoms with Gasteiger partial charge in [-0.25, -0.2) is 0 Å². The monoisotopic (exact) mass is 283 g/mol. The molecule has 0 aliphatic rings. The number of hydrogen-bond donors (Lipinski definition) is 3. The molecule has 0 spiro atoms. The lowest BCUT2D eigenvalue weighted by Gasteiger charge is -2.16. The van der Waals surface area contributed by atoms with E-state index in [9.17, 15) is 9.59 Å². The van der Waals surface area contributed by atoms with Crippen LogP contribution in [0.25, 0.3) is 0 Å². The lowest BCUT2D eigenvalue weighted by molar-refractivity contribution is -0.118. The van der Waals surface area contributed by atoms with Crippen molar-refractivity contribution in [2.75, 3.05) is 12.4 Å². The Labute approximate surface area is 117 Å². The summed E-state index contributed by atoms with van der Waals surface area (Å²) in [6.45, 7) is 3.73. The van der Waals surface area contributed by atoms with Gasteiger partial charge in [-0.2, -0.15) is 0 Å². The number of rotatable bonds is 4. The molecule has 1 rings (SSSR count). The highest BCUT2D eigenvalue weighted by Gasteiger charge is 2.18. The lowest BCUT2D eigenvalue weighted by Crippen LogP contribution is -2.39. The van der Waals surface area contributed by atoms with Gasteiger partial charge >= 0.3 is 0 Å². The molecule has 5 nitrogen and oxygen atoms in total. The second kappa shape index (κ2) is 6.54. The minimum Gasteiger partial charge on any atom is -0.355 e. The molecule has 0 aromatic heterocycles. The predicted octanol–water partition coefficient (Wildman–Crippen LogP) is 1.62. The molecule has 4 N–H and O–H groups in total. The molecule has 0 unspecified atom stereocenters. The van der Waals surface area contributed by atoms with E-state index in [1.165, 1.54) is 13.1 Å². The van der Waals surface area contributed by atoms with Gasteiger partial charge < -0.3 is 16.4 Å². The summed E-state index contributed by atoms with van der Waals surface area (Å²) >= 11 is 5.92. The van der Waals surface area contributed by atoms with Crippen molar-refractivity contribution in [1.29, 1.82) is 0 Å². The van der Waals surface area contributed by atoms with Crippen LogP contribution in [0.15, 0.2) is 18.2 Å². The molecule has 0 aliphatic heterocycles. The van der Waals surface area contributed by atoms with Crippen LogP contribution >= 0.6 is 11.6 Å². The van der Waals surface area contributed by atoms with E-state index in [1.54, 1.807) is 12.1 Å². The molecule has 104 valence electrons. The van der Waals surface area contributed by atoms with Crippen LogP contribution in [0.1, 0.15) is 24.2 Å². The Balaban J connectivity index is 2.91. The number of hydrogen-bond acceptors (Lipinski definition) is 3. The Morgan fingerprint density at radius 3 is 2.47 bits per heavy atom. The second-order valence-electron chi connectivity index (χ2n) is 4.53. The van der Waals surface area contributed by atoms with Crippen LogP contribution in [-0.2, 0) is 4.79 Å². The lowest BCUT2D eigenvalue weighted by atomic mass is 10.0. The van der Waals surface area contributed by atoms with Crippen LogP contribution in [0.2, 0.25) is 5.02 Å². The summed E-state index contributed by atoms with van der Waals surface area (Å²) in [6, 6.07) is 4.10. The van der Waals surface area contributed by atoms with Gasteiger partial charge in [-0.1, -0.05) is 25.4 Å². The van der Waals surface area contributed by atoms with Gasteiger partial charge in [0.15, 0.2) is 0 Å². The normalized spacial score (nSPS) is 12.1. The van der Waals surface area contributed by atoms with E-state index in [4.69, 9.17) is 17.3 Å². The van der Waals surface area contributed by atoms with E-state index in [0.717, 1.165) is 0 Å². The molecule has 0 fully saturated rings. The molecule has 0 aliphatic carbocycles. The summed E-state index contributed by atoms with van der Waals surface area (Å²) in [4.78, 5) is 23.4. The van der Waals surface area contributed by atoms with Gasteiger partial charge in [-0.3, -0.25) is 9.59 Å². The number of carbonyl (C=O) groups is 2. The van der Waals surface area contributed by atoms with E-state index < -0.39 is 6.04 Å².